The lowest BCUT2D eigenvalue weighted by Crippen LogP contribution is -2.57. The normalized spacial score (nSPS) is 16.5. The first-order valence-corrected chi connectivity index (χ1v) is 7.02. The molecule has 1 amide bonds. The number of nitrogens with two attached hydrogens (primary N) is 1. The van der Waals surface area contributed by atoms with Crippen LogP contribution in [-0.4, -0.2) is 49.8 Å². The van der Waals surface area contributed by atoms with Crippen molar-refractivity contribution < 1.29 is 18.7 Å². The van der Waals surface area contributed by atoms with Crippen molar-refractivity contribution in [2.24, 2.45) is 5.73 Å². The number of likely N-dealkylation sites (N-methyl/N-ethyl adjacent to an activating group) is 1. The maximum Gasteiger partial charge on any atom is 0.242 e. The second-order valence-electron chi connectivity index (χ2n) is 5.30. The second-order valence-corrected chi connectivity index (χ2v) is 5.30. The quantitative estimate of drug-likeness (QED) is 0.889. The number of halogens is 2. The maximum atomic E-state index is 12.8. The van der Waals surface area contributed by atoms with Gasteiger partial charge in [0.05, 0.1) is 12.1 Å². The first-order valence-electron chi connectivity index (χ1n) is 7.02. The molecular formula is C15H22ClFN2O3. The molecule has 0 saturated carbocycles. The Morgan fingerprint density at radius 3 is 2.55 bits per heavy atom. The number of hydrogen-bond acceptors (Lipinski definition) is 4. The van der Waals surface area contributed by atoms with E-state index in [4.69, 9.17) is 15.2 Å². The van der Waals surface area contributed by atoms with E-state index >= 15 is 0 Å². The molecule has 1 aromatic carbocycles. The summed E-state index contributed by atoms with van der Waals surface area (Å²) in [6, 6.07) is 5.78. The third-order valence-corrected chi connectivity index (χ3v) is 3.67. The average molecular weight is 333 g/mol. The van der Waals surface area contributed by atoms with Crippen molar-refractivity contribution in [2.75, 3.05) is 33.4 Å². The Morgan fingerprint density at radius 1 is 1.36 bits per heavy atom. The molecule has 1 heterocycles. The van der Waals surface area contributed by atoms with E-state index in [1.54, 1.807) is 24.1 Å². The predicted octanol–water partition coefficient (Wildman–Crippen LogP) is 1.59. The highest BCUT2D eigenvalue weighted by Gasteiger charge is 2.37. The number of amides is 1. The third-order valence-electron chi connectivity index (χ3n) is 3.67. The molecule has 124 valence electrons. The predicted molar refractivity (Wildman–Crippen MR) is 83.8 cm³/mol. The molecule has 5 nitrogen and oxygen atoms in total. The van der Waals surface area contributed by atoms with Gasteiger partial charge >= 0.3 is 0 Å². The van der Waals surface area contributed by atoms with Crippen LogP contribution in [-0.2, 0) is 9.53 Å². The minimum Gasteiger partial charge on any atom is -0.492 e. The van der Waals surface area contributed by atoms with Gasteiger partial charge in [0.2, 0.25) is 5.91 Å². The summed E-state index contributed by atoms with van der Waals surface area (Å²) in [5.41, 5.74) is 5.32. The van der Waals surface area contributed by atoms with Crippen molar-refractivity contribution in [2.45, 2.75) is 18.4 Å². The van der Waals surface area contributed by atoms with Crippen LogP contribution in [0.2, 0.25) is 0 Å². The SMILES string of the molecule is CN(CCOc1ccc(F)cc1)C(=O)C1(N)CCOCC1.Cl. The summed E-state index contributed by atoms with van der Waals surface area (Å²) in [6.45, 7) is 1.79. The Bertz CT molecular complexity index is 478. The Labute approximate surface area is 136 Å². The van der Waals surface area contributed by atoms with Crippen molar-refractivity contribution >= 4 is 18.3 Å². The standard InChI is InChI=1S/C15H21FN2O3.ClH/c1-18(14(19)15(17)6-9-20-10-7-15)8-11-21-13-4-2-12(16)3-5-13;/h2-5H,6-11,17H2,1H3;1H. The fourth-order valence-corrected chi connectivity index (χ4v) is 2.26. The molecular weight excluding hydrogens is 311 g/mol. The summed E-state index contributed by atoms with van der Waals surface area (Å²) >= 11 is 0. The molecule has 0 aromatic heterocycles. The first-order chi connectivity index (χ1) is 10.0. The highest BCUT2D eigenvalue weighted by atomic mass is 35.5. The third kappa shape index (κ3) is 4.83. The minimum atomic E-state index is -0.830. The molecule has 0 spiro atoms. The van der Waals surface area contributed by atoms with E-state index < -0.39 is 5.54 Å². The van der Waals surface area contributed by atoms with Gasteiger partial charge in [-0.15, -0.1) is 12.4 Å². The molecule has 0 unspecified atom stereocenters. The summed E-state index contributed by atoms with van der Waals surface area (Å²) in [7, 11) is 1.71. The molecule has 7 heteroatoms. The summed E-state index contributed by atoms with van der Waals surface area (Å²) < 4.78 is 23.5. The van der Waals surface area contributed by atoms with Crippen LogP contribution in [0.3, 0.4) is 0 Å². The van der Waals surface area contributed by atoms with Gasteiger partial charge in [-0.3, -0.25) is 4.79 Å². The van der Waals surface area contributed by atoms with Crippen molar-refractivity contribution in [1.29, 1.82) is 0 Å². The van der Waals surface area contributed by atoms with Crippen LogP contribution >= 0.6 is 12.4 Å². The van der Waals surface area contributed by atoms with Gasteiger partial charge in [0.1, 0.15) is 18.2 Å². The number of carbonyl (C=O) groups is 1. The summed E-state index contributed by atoms with van der Waals surface area (Å²) in [5, 5.41) is 0. The van der Waals surface area contributed by atoms with E-state index in [1.807, 2.05) is 0 Å². The molecule has 22 heavy (non-hydrogen) atoms. The molecule has 2 N–H and O–H groups in total. The lowest BCUT2D eigenvalue weighted by molar-refractivity contribution is -0.139. The zero-order chi connectivity index (χ0) is 15.3. The van der Waals surface area contributed by atoms with Gasteiger partial charge in [-0.25, -0.2) is 4.39 Å². The Morgan fingerprint density at radius 2 is 1.95 bits per heavy atom. The van der Waals surface area contributed by atoms with E-state index in [-0.39, 0.29) is 24.1 Å². The molecule has 0 aliphatic carbocycles. The van der Waals surface area contributed by atoms with Crippen molar-refractivity contribution in [3.05, 3.63) is 30.1 Å². The fourth-order valence-electron chi connectivity index (χ4n) is 2.26. The topological polar surface area (TPSA) is 64.8 Å². The first kappa shape index (κ1) is 18.7. The van der Waals surface area contributed by atoms with Gasteiger partial charge in [0.15, 0.2) is 0 Å². The smallest absolute Gasteiger partial charge is 0.242 e. The number of benzene rings is 1. The Hall–Kier alpha value is -1.37. The molecule has 0 atom stereocenters. The van der Waals surface area contributed by atoms with Crippen molar-refractivity contribution in [3.8, 4) is 5.75 Å². The summed E-state index contributed by atoms with van der Waals surface area (Å²) in [6.07, 6.45) is 1.07. The van der Waals surface area contributed by atoms with Gasteiger partial charge in [0, 0.05) is 20.3 Å². The fraction of sp³-hybridized carbons (Fsp3) is 0.533. The zero-order valence-corrected chi connectivity index (χ0v) is 13.4. The zero-order valence-electron chi connectivity index (χ0n) is 12.6. The lowest BCUT2D eigenvalue weighted by Gasteiger charge is -2.35. The van der Waals surface area contributed by atoms with Crippen LogP contribution in [0.5, 0.6) is 5.75 Å². The van der Waals surface area contributed by atoms with Crippen molar-refractivity contribution in [3.63, 3.8) is 0 Å². The highest BCUT2D eigenvalue weighted by Crippen LogP contribution is 2.20. The molecule has 1 fully saturated rings. The Kier molecular flexibility index (Phi) is 7.06. The van der Waals surface area contributed by atoms with E-state index in [9.17, 15) is 9.18 Å². The largest absolute Gasteiger partial charge is 0.492 e. The molecule has 0 radical (unpaired) electrons. The van der Waals surface area contributed by atoms with Gasteiger partial charge in [0.25, 0.3) is 0 Å². The molecule has 1 aliphatic rings. The number of rotatable bonds is 5. The number of ether oxygens (including phenoxy) is 2. The summed E-state index contributed by atoms with van der Waals surface area (Å²) in [5.74, 6) is 0.179. The van der Waals surface area contributed by atoms with Gasteiger partial charge < -0.3 is 20.1 Å². The minimum absolute atomic E-state index is 0. The van der Waals surface area contributed by atoms with Crippen LogP contribution in [0.25, 0.3) is 0 Å². The molecule has 1 aliphatic heterocycles. The van der Waals surface area contributed by atoms with E-state index in [0.717, 1.165) is 0 Å². The number of nitrogens with zero attached hydrogens (tertiary/aromatic N) is 1. The van der Waals surface area contributed by atoms with Crippen molar-refractivity contribution in [1.82, 2.24) is 4.90 Å². The number of hydrogen-bond donors (Lipinski definition) is 1. The lowest BCUT2D eigenvalue weighted by atomic mass is 9.90. The van der Waals surface area contributed by atoms with E-state index in [0.29, 0.717) is 45.0 Å². The number of carbonyl (C=O) groups excluding carboxylic acids is 1. The van der Waals surface area contributed by atoms with Crippen LogP contribution in [0.4, 0.5) is 4.39 Å². The second kappa shape index (κ2) is 8.31. The maximum absolute atomic E-state index is 12.8. The molecule has 0 bridgehead atoms. The summed E-state index contributed by atoms with van der Waals surface area (Å²) in [4.78, 5) is 13.9. The monoisotopic (exact) mass is 332 g/mol. The highest BCUT2D eigenvalue weighted by molar-refractivity contribution is 5.86. The van der Waals surface area contributed by atoms with Crippen LogP contribution < -0.4 is 10.5 Å². The van der Waals surface area contributed by atoms with Gasteiger partial charge in [-0.05, 0) is 37.1 Å². The van der Waals surface area contributed by atoms with Crippen LogP contribution in [0.1, 0.15) is 12.8 Å². The average Bonchev–Trinajstić information content (AvgIpc) is 2.49. The van der Waals surface area contributed by atoms with Crippen LogP contribution in [0.15, 0.2) is 24.3 Å². The van der Waals surface area contributed by atoms with E-state index in [1.165, 1.54) is 12.1 Å². The molecule has 1 saturated heterocycles. The van der Waals surface area contributed by atoms with Gasteiger partial charge in [-0.1, -0.05) is 0 Å². The molecule has 1 aromatic rings. The molecule has 2 rings (SSSR count). The van der Waals surface area contributed by atoms with E-state index in [2.05, 4.69) is 0 Å². The Balaban J connectivity index is 0.00000242. The van der Waals surface area contributed by atoms with Crippen LogP contribution in [0, 0.1) is 5.82 Å². The van der Waals surface area contributed by atoms with Gasteiger partial charge in [-0.2, -0.15) is 0 Å².